The first-order valence-electron chi connectivity index (χ1n) is 12.4. The van der Waals surface area contributed by atoms with E-state index in [1.165, 1.54) is 13.3 Å². The molecule has 1 aliphatic heterocycles. The van der Waals surface area contributed by atoms with Gasteiger partial charge in [0.05, 0.1) is 29.2 Å². The lowest BCUT2D eigenvalue weighted by Gasteiger charge is -2.40. The molecule has 1 aromatic heterocycles. The summed E-state index contributed by atoms with van der Waals surface area (Å²) in [6.07, 6.45) is 1.82. The number of likely N-dealkylation sites (tertiary alicyclic amines) is 1. The summed E-state index contributed by atoms with van der Waals surface area (Å²) in [5, 5.41) is 21.6. The highest BCUT2D eigenvalue weighted by atomic mass is 35.5. The third-order valence-corrected chi connectivity index (χ3v) is 8.61. The van der Waals surface area contributed by atoms with Crippen LogP contribution in [0.15, 0.2) is 41.4 Å². The van der Waals surface area contributed by atoms with E-state index < -0.39 is 34.9 Å². The number of fused-ring (bicyclic) bond motifs is 1. The number of aliphatic hydroxyl groups excluding tert-OH is 1. The van der Waals surface area contributed by atoms with Crippen molar-refractivity contribution < 1.29 is 33.0 Å². The standard InChI is InChI=1S/C27H29ClF3N3O4S/c1-38-17-2-3-21-18(14-17)24(19(28)15-32-21)22(35)4-5-27(26(36)33-37)6-8-34(9-7-27)10-11-39-23-13-16(29)12-20(30)25(23)31/h2-3,12-15,22,35,37H,4-11H2,1H3,(H,33,36)/t22-/m1/s1. The number of pyridine rings is 1. The maximum atomic E-state index is 13.9. The van der Waals surface area contributed by atoms with Gasteiger partial charge in [-0.15, -0.1) is 11.8 Å². The third-order valence-electron chi connectivity index (χ3n) is 7.32. The van der Waals surface area contributed by atoms with Gasteiger partial charge in [0, 0.05) is 40.4 Å². The van der Waals surface area contributed by atoms with Gasteiger partial charge in [0.1, 0.15) is 11.6 Å². The van der Waals surface area contributed by atoms with Crippen LogP contribution in [0, 0.1) is 22.9 Å². The van der Waals surface area contributed by atoms with Crippen LogP contribution in [0.4, 0.5) is 13.2 Å². The van der Waals surface area contributed by atoms with Gasteiger partial charge >= 0.3 is 0 Å². The largest absolute Gasteiger partial charge is 0.497 e. The van der Waals surface area contributed by atoms with Crippen LogP contribution in [-0.4, -0.2) is 58.6 Å². The highest BCUT2D eigenvalue weighted by molar-refractivity contribution is 7.99. The van der Waals surface area contributed by atoms with Crippen molar-refractivity contribution in [3.8, 4) is 5.75 Å². The van der Waals surface area contributed by atoms with Gasteiger partial charge in [-0.1, -0.05) is 11.6 Å². The van der Waals surface area contributed by atoms with Crippen LogP contribution in [0.2, 0.25) is 5.02 Å². The number of nitrogens with one attached hydrogen (secondary N) is 1. The van der Waals surface area contributed by atoms with E-state index in [0.29, 0.717) is 78.0 Å². The van der Waals surface area contributed by atoms with Crippen molar-refractivity contribution in [3.05, 3.63) is 64.6 Å². The van der Waals surface area contributed by atoms with Gasteiger partial charge in [-0.3, -0.25) is 15.0 Å². The highest BCUT2D eigenvalue weighted by Gasteiger charge is 2.41. The Hall–Kier alpha value is -2.57. The van der Waals surface area contributed by atoms with Crippen LogP contribution in [0.25, 0.3) is 10.9 Å². The topological polar surface area (TPSA) is 94.9 Å². The minimum atomic E-state index is -1.22. The summed E-state index contributed by atoms with van der Waals surface area (Å²) < 4.78 is 46.1. The molecule has 1 aliphatic rings. The molecule has 4 rings (SSSR count). The van der Waals surface area contributed by atoms with E-state index in [0.717, 1.165) is 17.8 Å². The molecule has 210 valence electrons. The molecular formula is C27H29ClF3N3O4S. The Balaban J connectivity index is 1.40. The number of hydrogen-bond acceptors (Lipinski definition) is 7. The van der Waals surface area contributed by atoms with Crippen molar-refractivity contribution in [1.29, 1.82) is 0 Å². The zero-order valence-corrected chi connectivity index (χ0v) is 22.8. The number of carbonyl (C=O) groups is 1. The maximum absolute atomic E-state index is 13.9. The van der Waals surface area contributed by atoms with Gasteiger partial charge in [0.2, 0.25) is 5.91 Å². The van der Waals surface area contributed by atoms with E-state index in [4.69, 9.17) is 16.3 Å². The van der Waals surface area contributed by atoms with Gasteiger partial charge in [-0.2, -0.15) is 0 Å². The highest BCUT2D eigenvalue weighted by Crippen LogP contribution is 2.41. The smallest absolute Gasteiger partial charge is 0.249 e. The number of piperidine rings is 1. The number of halogens is 4. The second-order valence-corrected chi connectivity index (χ2v) is 11.1. The first-order valence-corrected chi connectivity index (χ1v) is 13.8. The number of ether oxygens (including phenoxy) is 1. The summed E-state index contributed by atoms with van der Waals surface area (Å²) in [4.78, 5) is 19.1. The lowest BCUT2D eigenvalue weighted by atomic mass is 9.73. The number of hydrogen-bond donors (Lipinski definition) is 3. The Labute approximate surface area is 233 Å². The van der Waals surface area contributed by atoms with E-state index in [1.807, 2.05) is 0 Å². The number of rotatable bonds is 10. The average molecular weight is 584 g/mol. The molecule has 39 heavy (non-hydrogen) atoms. The van der Waals surface area contributed by atoms with Crippen molar-refractivity contribution in [2.45, 2.75) is 36.7 Å². The molecule has 0 aliphatic carbocycles. The number of carbonyl (C=O) groups excluding carboxylic acids is 1. The lowest BCUT2D eigenvalue weighted by molar-refractivity contribution is -0.143. The summed E-state index contributed by atoms with van der Waals surface area (Å²) in [6.45, 7) is 1.54. The van der Waals surface area contributed by atoms with Gasteiger partial charge in [-0.25, -0.2) is 18.7 Å². The zero-order valence-electron chi connectivity index (χ0n) is 21.2. The first-order chi connectivity index (χ1) is 18.7. The van der Waals surface area contributed by atoms with Gasteiger partial charge in [0.15, 0.2) is 11.6 Å². The number of benzene rings is 2. The summed E-state index contributed by atoms with van der Waals surface area (Å²) >= 11 is 7.44. The van der Waals surface area contributed by atoms with Crippen molar-refractivity contribution in [1.82, 2.24) is 15.4 Å². The number of amides is 1. The number of aliphatic hydroxyl groups is 1. The molecule has 12 heteroatoms. The fourth-order valence-electron chi connectivity index (χ4n) is 5.03. The molecule has 1 atom stereocenters. The fraction of sp³-hybridized carbons (Fsp3) is 0.407. The van der Waals surface area contributed by atoms with E-state index in [1.54, 1.807) is 23.7 Å². The monoisotopic (exact) mass is 583 g/mol. The van der Waals surface area contributed by atoms with Crippen LogP contribution in [0.5, 0.6) is 5.75 Å². The second kappa shape index (κ2) is 12.7. The Kier molecular flexibility index (Phi) is 9.60. The number of hydroxylamine groups is 1. The fourth-order valence-corrected chi connectivity index (χ4v) is 6.29. The summed E-state index contributed by atoms with van der Waals surface area (Å²) in [6, 6.07) is 6.77. The maximum Gasteiger partial charge on any atom is 0.249 e. The molecule has 3 aromatic rings. The molecule has 0 bridgehead atoms. The Morgan fingerprint density at radius 3 is 2.69 bits per heavy atom. The van der Waals surface area contributed by atoms with Crippen LogP contribution < -0.4 is 10.2 Å². The number of nitrogens with zero attached hydrogens (tertiary/aromatic N) is 2. The summed E-state index contributed by atoms with van der Waals surface area (Å²) in [5.74, 6) is -2.67. The lowest BCUT2D eigenvalue weighted by Crippen LogP contribution is -2.48. The zero-order chi connectivity index (χ0) is 28.2. The van der Waals surface area contributed by atoms with E-state index in [9.17, 15) is 28.3 Å². The minimum Gasteiger partial charge on any atom is -0.497 e. The molecule has 7 nitrogen and oxygen atoms in total. The molecule has 1 fully saturated rings. The van der Waals surface area contributed by atoms with E-state index in [-0.39, 0.29) is 11.3 Å². The molecule has 2 aromatic carbocycles. The SMILES string of the molecule is COc1ccc2ncc(Cl)c([C@H](O)CCC3(C(=O)NO)CCN(CCSc4cc(F)cc(F)c4F)CC3)c2c1. The molecule has 0 saturated carbocycles. The van der Waals surface area contributed by atoms with Gasteiger partial charge < -0.3 is 14.7 Å². The number of thioether (sulfide) groups is 1. The molecule has 2 heterocycles. The molecule has 0 radical (unpaired) electrons. The average Bonchev–Trinajstić information content (AvgIpc) is 2.94. The summed E-state index contributed by atoms with van der Waals surface area (Å²) in [7, 11) is 1.54. The van der Waals surface area contributed by atoms with Crippen LogP contribution in [-0.2, 0) is 4.79 Å². The van der Waals surface area contributed by atoms with Crippen LogP contribution in [0.1, 0.15) is 37.4 Å². The molecule has 0 spiro atoms. The number of aromatic nitrogens is 1. The molecule has 1 saturated heterocycles. The molecule has 0 unspecified atom stereocenters. The van der Waals surface area contributed by atoms with E-state index >= 15 is 0 Å². The minimum absolute atomic E-state index is 0.0904. The van der Waals surface area contributed by atoms with Crippen molar-refractivity contribution in [2.24, 2.45) is 5.41 Å². The Morgan fingerprint density at radius 1 is 1.26 bits per heavy atom. The van der Waals surface area contributed by atoms with Crippen molar-refractivity contribution in [2.75, 3.05) is 32.5 Å². The van der Waals surface area contributed by atoms with Crippen LogP contribution in [0.3, 0.4) is 0 Å². The van der Waals surface area contributed by atoms with Crippen molar-refractivity contribution in [3.63, 3.8) is 0 Å². The first kappa shape index (κ1) is 29.4. The molecular weight excluding hydrogens is 555 g/mol. The third kappa shape index (κ3) is 6.60. The predicted molar refractivity (Wildman–Crippen MR) is 143 cm³/mol. The van der Waals surface area contributed by atoms with E-state index in [2.05, 4.69) is 9.88 Å². The summed E-state index contributed by atoms with van der Waals surface area (Å²) in [5.41, 5.74) is 2.01. The second-order valence-electron chi connectivity index (χ2n) is 9.57. The Bertz CT molecular complexity index is 1340. The van der Waals surface area contributed by atoms with Crippen molar-refractivity contribution >= 4 is 40.2 Å². The normalized spacial score (nSPS) is 16.3. The Morgan fingerprint density at radius 2 is 2.00 bits per heavy atom. The van der Waals surface area contributed by atoms with Crippen LogP contribution >= 0.6 is 23.4 Å². The van der Waals surface area contributed by atoms with Gasteiger partial charge in [-0.05, 0) is 63.0 Å². The quantitative estimate of drug-likeness (QED) is 0.125. The number of methoxy groups -OCH3 is 1. The predicted octanol–water partition coefficient (Wildman–Crippen LogP) is 5.51. The van der Waals surface area contributed by atoms with Gasteiger partial charge in [0.25, 0.3) is 0 Å². The molecule has 1 amide bonds. The molecule has 3 N–H and O–H groups in total.